The second-order valence-electron chi connectivity index (χ2n) is 4.14. The summed E-state index contributed by atoms with van der Waals surface area (Å²) < 4.78 is 4.49. The molecule has 0 fully saturated rings. The number of carboxylic acid groups (broad SMARTS) is 1. The summed E-state index contributed by atoms with van der Waals surface area (Å²) in [6, 6.07) is -2.30. The fourth-order valence-electron chi connectivity index (χ4n) is 1.35. The van der Waals surface area contributed by atoms with Crippen LogP contribution in [0.4, 0.5) is 0 Å². The number of carboxylic acids is 1. The van der Waals surface area contributed by atoms with Gasteiger partial charge in [-0.2, -0.15) is 0 Å². The molecule has 0 bridgehead atoms. The number of aromatic amines is 1. The maximum atomic E-state index is 11.5. The van der Waals surface area contributed by atoms with Crippen molar-refractivity contribution in [3.05, 3.63) is 18.2 Å². The van der Waals surface area contributed by atoms with Gasteiger partial charge >= 0.3 is 41.5 Å². The second-order valence-corrected chi connectivity index (χ2v) is 4.14. The van der Waals surface area contributed by atoms with Crippen LogP contribution in [0.1, 0.15) is 18.5 Å². The van der Waals surface area contributed by atoms with Crippen molar-refractivity contribution >= 4 is 17.9 Å². The number of imidazole rings is 1. The summed E-state index contributed by atoms with van der Waals surface area (Å²) >= 11 is 0. The average molecular weight is 306 g/mol. The third-order valence-corrected chi connectivity index (χ3v) is 2.47. The maximum Gasteiger partial charge on any atom is 1.00 e. The number of H-pyrrole nitrogens is 1. The smallest absolute Gasteiger partial charge is 0.548 e. The Kier molecular flexibility index (Phi) is 9.06. The standard InChI is InChI=1S/C11H16N4O5.Na/c12-7(10(17)18)1-2-9(16)20-11(19)8(13)3-6-4-14-5-15-6;/h4-5,7-8H,1-3,12-13H2,(H,14,15)(H,17,18);/q;+1/p-1/t7-,8-;/m0./s1. The average Bonchev–Trinajstić information content (AvgIpc) is 2.88. The summed E-state index contributed by atoms with van der Waals surface area (Å²) in [5.41, 5.74) is 11.3. The molecule has 0 aliphatic carbocycles. The van der Waals surface area contributed by atoms with E-state index in [0.29, 0.717) is 5.69 Å². The second kappa shape index (κ2) is 9.64. The molecule has 0 aliphatic rings. The number of nitrogens with one attached hydrogen (secondary N) is 1. The van der Waals surface area contributed by atoms with Gasteiger partial charge in [0, 0.05) is 30.8 Å². The Morgan fingerprint density at radius 1 is 1.33 bits per heavy atom. The zero-order valence-electron chi connectivity index (χ0n) is 11.6. The molecule has 0 amide bonds. The van der Waals surface area contributed by atoms with Crippen LogP contribution >= 0.6 is 0 Å². The number of ether oxygens (including phenoxy) is 1. The molecule has 0 saturated heterocycles. The van der Waals surface area contributed by atoms with Crippen LogP contribution in [0.25, 0.3) is 0 Å². The third-order valence-electron chi connectivity index (χ3n) is 2.47. The molecule has 0 spiro atoms. The van der Waals surface area contributed by atoms with Gasteiger partial charge < -0.3 is 31.1 Å². The largest absolute Gasteiger partial charge is 1.00 e. The Balaban J connectivity index is 0.00000400. The third kappa shape index (κ3) is 7.34. The van der Waals surface area contributed by atoms with Crippen LogP contribution in [0.15, 0.2) is 12.5 Å². The molecule has 10 heteroatoms. The first kappa shape index (κ1) is 19.7. The van der Waals surface area contributed by atoms with Crippen LogP contribution in [-0.4, -0.2) is 40.0 Å². The van der Waals surface area contributed by atoms with E-state index in [1.54, 1.807) is 0 Å². The van der Waals surface area contributed by atoms with Gasteiger partial charge in [-0.3, -0.25) is 4.79 Å². The number of hydrogen-bond acceptors (Lipinski definition) is 8. The number of aromatic nitrogens is 2. The number of carbonyl (C=O) groups is 3. The van der Waals surface area contributed by atoms with Crippen LogP contribution in [0.5, 0.6) is 0 Å². The van der Waals surface area contributed by atoms with Crippen LogP contribution < -0.4 is 46.1 Å². The number of rotatable bonds is 7. The Bertz CT molecular complexity index is 479. The molecule has 1 rings (SSSR count). The maximum absolute atomic E-state index is 11.5. The molecular formula is C11H15N4NaO5. The zero-order chi connectivity index (χ0) is 15.1. The van der Waals surface area contributed by atoms with Gasteiger partial charge in [-0.15, -0.1) is 0 Å². The molecule has 2 atom stereocenters. The van der Waals surface area contributed by atoms with E-state index in [1.807, 2.05) is 0 Å². The Morgan fingerprint density at radius 3 is 2.52 bits per heavy atom. The van der Waals surface area contributed by atoms with Crippen molar-refractivity contribution in [1.82, 2.24) is 9.97 Å². The summed E-state index contributed by atoms with van der Waals surface area (Å²) in [4.78, 5) is 39.6. The molecule has 0 aliphatic heterocycles. The first-order chi connectivity index (χ1) is 9.40. The van der Waals surface area contributed by atoms with Gasteiger partial charge in [0.25, 0.3) is 0 Å². The quantitative estimate of drug-likeness (QED) is 0.254. The summed E-state index contributed by atoms with van der Waals surface area (Å²) in [6.45, 7) is 0. The monoisotopic (exact) mass is 306 g/mol. The van der Waals surface area contributed by atoms with Gasteiger partial charge in [0.1, 0.15) is 6.04 Å². The molecule has 9 nitrogen and oxygen atoms in total. The molecule has 5 N–H and O–H groups in total. The van der Waals surface area contributed by atoms with Crippen molar-refractivity contribution in [3.63, 3.8) is 0 Å². The molecule has 0 saturated carbocycles. The van der Waals surface area contributed by atoms with Crippen molar-refractivity contribution in [2.24, 2.45) is 11.5 Å². The molecule has 0 aromatic carbocycles. The first-order valence-corrected chi connectivity index (χ1v) is 5.84. The fourth-order valence-corrected chi connectivity index (χ4v) is 1.35. The van der Waals surface area contributed by atoms with E-state index in [2.05, 4.69) is 14.7 Å². The molecule has 1 heterocycles. The summed E-state index contributed by atoms with van der Waals surface area (Å²) in [6.07, 6.45) is 2.58. The van der Waals surface area contributed by atoms with Gasteiger partial charge in [-0.1, -0.05) is 0 Å². The number of esters is 2. The van der Waals surface area contributed by atoms with Crippen molar-refractivity contribution in [3.8, 4) is 0 Å². The summed E-state index contributed by atoms with van der Waals surface area (Å²) in [5.74, 6) is -3.25. The molecule has 0 unspecified atom stereocenters. The molecule has 110 valence electrons. The molecule has 0 radical (unpaired) electrons. The minimum absolute atomic E-state index is 0. The molecular weight excluding hydrogens is 291 g/mol. The first-order valence-electron chi connectivity index (χ1n) is 5.84. The van der Waals surface area contributed by atoms with E-state index in [4.69, 9.17) is 11.5 Å². The predicted molar refractivity (Wildman–Crippen MR) is 63.6 cm³/mol. The van der Waals surface area contributed by atoms with E-state index < -0.39 is 30.0 Å². The van der Waals surface area contributed by atoms with Gasteiger partial charge in [-0.25, -0.2) is 9.78 Å². The number of hydrogen-bond donors (Lipinski definition) is 3. The fraction of sp³-hybridized carbons (Fsp3) is 0.455. The van der Waals surface area contributed by atoms with Crippen molar-refractivity contribution < 1.29 is 53.8 Å². The van der Waals surface area contributed by atoms with E-state index in [9.17, 15) is 19.5 Å². The Morgan fingerprint density at radius 2 is 2.00 bits per heavy atom. The van der Waals surface area contributed by atoms with Gasteiger partial charge in [0.2, 0.25) is 0 Å². The van der Waals surface area contributed by atoms with E-state index >= 15 is 0 Å². The van der Waals surface area contributed by atoms with E-state index in [0.717, 1.165) is 0 Å². The predicted octanol–water partition coefficient (Wildman–Crippen LogP) is -5.79. The van der Waals surface area contributed by atoms with Gasteiger partial charge in [0.15, 0.2) is 0 Å². The van der Waals surface area contributed by atoms with E-state index in [1.165, 1.54) is 12.5 Å². The Hall–Kier alpha value is -1.26. The number of carbonyl (C=O) groups excluding carboxylic acids is 3. The minimum Gasteiger partial charge on any atom is -0.548 e. The molecule has 1 aromatic rings. The van der Waals surface area contributed by atoms with Crippen LogP contribution in [0.3, 0.4) is 0 Å². The van der Waals surface area contributed by atoms with Crippen LogP contribution in [-0.2, 0) is 25.5 Å². The topological polar surface area (TPSA) is 164 Å². The van der Waals surface area contributed by atoms with Crippen molar-refractivity contribution in [2.45, 2.75) is 31.3 Å². The number of nitrogens with zero attached hydrogens (tertiary/aromatic N) is 1. The Labute approximate surface area is 142 Å². The minimum atomic E-state index is -1.47. The summed E-state index contributed by atoms with van der Waals surface area (Å²) in [7, 11) is 0. The molecule has 1 aromatic heterocycles. The van der Waals surface area contributed by atoms with Gasteiger partial charge in [0.05, 0.1) is 12.3 Å². The van der Waals surface area contributed by atoms with Crippen molar-refractivity contribution in [2.75, 3.05) is 0 Å². The SMILES string of the molecule is N[C@@H](CCC(=O)OC(=O)[C@@H](N)Cc1cnc[nH]1)C(=O)[O-].[Na+]. The van der Waals surface area contributed by atoms with Crippen LogP contribution in [0, 0.1) is 0 Å². The van der Waals surface area contributed by atoms with Crippen molar-refractivity contribution in [1.29, 1.82) is 0 Å². The van der Waals surface area contributed by atoms with Crippen LogP contribution in [0.2, 0.25) is 0 Å². The van der Waals surface area contributed by atoms with E-state index in [-0.39, 0.29) is 48.8 Å². The number of aliphatic carboxylic acids is 1. The zero-order valence-corrected chi connectivity index (χ0v) is 13.6. The summed E-state index contributed by atoms with van der Waals surface area (Å²) in [5, 5.41) is 10.3. The molecule has 21 heavy (non-hydrogen) atoms. The normalized spacial score (nSPS) is 12.9. The number of nitrogens with two attached hydrogens (primary N) is 2. The van der Waals surface area contributed by atoms with Gasteiger partial charge in [-0.05, 0) is 6.42 Å².